The van der Waals surface area contributed by atoms with E-state index in [-0.39, 0.29) is 6.61 Å². The molecule has 33 heavy (non-hydrogen) atoms. The summed E-state index contributed by atoms with van der Waals surface area (Å²) in [6.07, 6.45) is 6.24. The summed E-state index contributed by atoms with van der Waals surface area (Å²) in [7, 11) is 0. The fraction of sp³-hybridized carbons (Fsp3) is 0.308. The molecule has 2 aliphatic rings. The van der Waals surface area contributed by atoms with Gasteiger partial charge in [0.15, 0.2) is 4.34 Å². The standard InChI is InChI=1S/C26H23NO4S2/c28-14-15-2-1-3-16(10-15)21-12-24(29)31-22-11-19(8-9-20(21)22)32-25-27-13-23(33-25)26(30,17-4-5-17)18-6-7-18/h1-3,8-13,17-18,28,30H,4-7,14H2. The zero-order valence-electron chi connectivity index (χ0n) is 17.9. The normalized spacial score (nSPS) is 16.4. The number of aliphatic hydroxyl groups excluding tert-OH is 1. The first-order valence-electron chi connectivity index (χ1n) is 11.2. The summed E-state index contributed by atoms with van der Waals surface area (Å²) in [4.78, 5) is 18.8. The van der Waals surface area contributed by atoms with Crippen LogP contribution in [0.25, 0.3) is 22.1 Å². The fourth-order valence-corrected chi connectivity index (χ4v) is 6.89. The van der Waals surface area contributed by atoms with Gasteiger partial charge < -0.3 is 14.6 Å². The molecule has 5 nitrogen and oxygen atoms in total. The van der Waals surface area contributed by atoms with Crippen LogP contribution in [0.3, 0.4) is 0 Å². The van der Waals surface area contributed by atoms with Gasteiger partial charge in [0, 0.05) is 22.5 Å². The van der Waals surface area contributed by atoms with Crippen LogP contribution in [0.2, 0.25) is 0 Å². The summed E-state index contributed by atoms with van der Waals surface area (Å²) in [6.45, 7) is -0.0551. The van der Waals surface area contributed by atoms with Crippen molar-refractivity contribution in [3.63, 3.8) is 0 Å². The van der Waals surface area contributed by atoms with Crippen molar-refractivity contribution in [1.82, 2.24) is 4.98 Å². The minimum Gasteiger partial charge on any atom is -0.423 e. The average molecular weight is 478 g/mol. The van der Waals surface area contributed by atoms with Crippen molar-refractivity contribution in [2.75, 3.05) is 0 Å². The summed E-state index contributed by atoms with van der Waals surface area (Å²) >= 11 is 3.09. The molecule has 0 saturated heterocycles. The van der Waals surface area contributed by atoms with E-state index in [0.29, 0.717) is 17.4 Å². The molecule has 4 aromatic rings. The largest absolute Gasteiger partial charge is 0.423 e. The maximum absolute atomic E-state index is 12.3. The van der Waals surface area contributed by atoms with Crippen LogP contribution in [0.4, 0.5) is 0 Å². The van der Waals surface area contributed by atoms with E-state index in [4.69, 9.17) is 4.42 Å². The van der Waals surface area contributed by atoms with Crippen LogP contribution < -0.4 is 5.63 Å². The number of benzene rings is 2. The average Bonchev–Trinajstić information content (AvgIpc) is 3.75. The predicted molar refractivity (Wildman–Crippen MR) is 129 cm³/mol. The molecule has 0 unspecified atom stereocenters. The lowest BCUT2D eigenvalue weighted by Crippen LogP contribution is -2.29. The summed E-state index contributed by atoms with van der Waals surface area (Å²) in [5, 5.41) is 21.7. The molecule has 6 rings (SSSR count). The van der Waals surface area contributed by atoms with Crippen LogP contribution in [-0.4, -0.2) is 15.2 Å². The molecule has 2 aromatic carbocycles. The van der Waals surface area contributed by atoms with E-state index < -0.39 is 11.2 Å². The Labute approximate surface area is 199 Å². The molecule has 0 atom stereocenters. The number of aromatic nitrogens is 1. The Hall–Kier alpha value is -2.45. The fourth-order valence-electron chi connectivity index (χ4n) is 4.66. The Balaban J connectivity index is 1.32. The Kier molecular flexibility index (Phi) is 5.18. The molecule has 7 heteroatoms. The highest BCUT2D eigenvalue weighted by Crippen LogP contribution is 2.58. The number of rotatable bonds is 7. The lowest BCUT2D eigenvalue weighted by Gasteiger charge is -2.26. The third-order valence-electron chi connectivity index (χ3n) is 6.62. The first-order valence-corrected chi connectivity index (χ1v) is 12.8. The lowest BCUT2D eigenvalue weighted by atomic mass is 9.90. The third-order valence-corrected chi connectivity index (χ3v) is 8.82. The number of hydrogen-bond acceptors (Lipinski definition) is 7. The number of nitrogens with zero attached hydrogens (tertiary/aromatic N) is 1. The number of hydrogen-bond donors (Lipinski definition) is 2. The van der Waals surface area contributed by atoms with Gasteiger partial charge in [-0.25, -0.2) is 9.78 Å². The van der Waals surface area contributed by atoms with Crippen molar-refractivity contribution in [2.24, 2.45) is 11.8 Å². The van der Waals surface area contributed by atoms with Crippen molar-refractivity contribution >= 4 is 34.1 Å². The number of thiazole rings is 1. The van der Waals surface area contributed by atoms with Gasteiger partial charge in [0.1, 0.15) is 11.2 Å². The maximum atomic E-state index is 12.3. The Morgan fingerprint density at radius 1 is 1.09 bits per heavy atom. The minimum absolute atomic E-state index is 0.0551. The van der Waals surface area contributed by atoms with E-state index >= 15 is 0 Å². The molecule has 2 heterocycles. The molecule has 168 valence electrons. The highest BCUT2D eigenvalue weighted by Gasteiger charge is 2.55. The quantitative estimate of drug-likeness (QED) is 0.339. The first-order chi connectivity index (χ1) is 16.0. The van der Waals surface area contributed by atoms with Gasteiger partial charge >= 0.3 is 5.63 Å². The maximum Gasteiger partial charge on any atom is 0.336 e. The second kappa shape index (κ2) is 8.09. The second-order valence-electron chi connectivity index (χ2n) is 8.96. The van der Waals surface area contributed by atoms with Crippen LogP contribution in [0.1, 0.15) is 36.1 Å². The van der Waals surface area contributed by atoms with E-state index in [0.717, 1.165) is 61.9 Å². The predicted octanol–water partition coefficient (Wildman–Crippen LogP) is 5.57. The van der Waals surface area contributed by atoms with Gasteiger partial charge in [-0.1, -0.05) is 30.0 Å². The van der Waals surface area contributed by atoms with Gasteiger partial charge in [-0.15, -0.1) is 11.3 Å². The van der Waals surface area contributed by atoms with Gasteiger partial charge in [0.25, 0.3) is 0 Å². The van der Waals surface area contributed by atoms with Crippen LogP contribution in [0, 0.1) is 11.8 Å². The smallest absolute Gasteiger partial charge is 0.336 e. The molecule has 2 saturated carbocycles. The summed E-state index contributed by atoms with van der Waals surface area (Å²) in [5.74, 6) is 0.752. The second-order valence-corrected chi connectivity index (χ2v) is 11.3. The van der Waals surface area contributed by atoms with E-state index in [2.05, 4.69) is 4.98 Å². The Morgan fingerprint density at radius 3 is 2.61 bits per heavy atom. The molecule has 0 spiro atoms. The van der Waals surface area contributed by atoms with Gasteiger partial charge in [-0.05, 0) is 78.5 Å². The lowest BCUT2D eigenvalue weighted by molar-refractivity contribution is -0.00681. The molecule has 0 aliphatic heterocycles. The highest BCUT2D eigenvalue weighted by atomic mass is 32.2. The minimum atomic E-state index is -0.704. The van der Waals surface area contributed by atoms with Crippen LogP contribution in [0.15, 0.2) is 73.2 Å². The number of fused-ring (bicyclic) bond motifs is 1. The summed E-state index contributed by atoms with van der Waals surface area (Å²) in [6, 6.07) is 14.9. The molecular formula is C26H23NO4S2. The third kappa shape index (κ3) is 3.93. The van der Waals surface area contributed by atoms with E-state index in [1.807, 2.05) is 48.7 Å². The van der Waals surface area contributed by atoms with E-state index in [1.165, 1.54) is 17.8 Å². The monoisotopic (exact) mass is 477 g/mol. The van der Waals surface area contributed by atoms with Crippen molar-refractivity contribution in [3.8, 4) is 11.1 Å². The van der Waals surface area contributed by atoms with Gasteiger partial charge in [0.2, 0.25) is 0 Å². The zero-order chi connectivity index (χ0) is 22.6. The van der Waals surface area contributed by atoms with Crippen molar-refractivity contribution < 1.29 is 14.6 Å². The zero-order valence-corrected chi connectivity index (χ0v) is 19.5. The van der Waals surface area contributed by atoms with Gasteiger partial charge in [0.05, 0.1) is 11.5 Å². The molecule has 2 aliphatic carbocycles. The summed E-state index contributed by atoms with van der Waals surface area (Å²) in [5.41, 5.74) is 1.83. The molecule has 0 bridgehead atoms. The topological polar surface area (TPSA) is 83.6 Å². The molecule has 2 fully saturated rings. The van der Waals surface area contributed by atoms with Crippen molar-refractivity contribution in [2.45, 2.75) is 47.1 Å². The van der Waals surface area contributed by atoms with Gasteiger partial charge in [-0.3, -0.25) is 0 Å². The highest BCUT2D eigenvalue weighted by molar-refractivity contribution is 8.01. The van der Waals surface area contributed by atoms with Crippen LogP contribution >= 0.6 is 23.1 Å². The summed E-state index contributed by atoms with van der Waals surface area (Å²) < 4.78 is 6.40. The van der Waals surface area contributed by atoms with Crippen molar-refractivity contribution in [1.29, 1.82) is 0 Å². The Morgan fingerprint density at radius 2 is 1.88 bits per heavy atom. The molecule has 2 aromatic heterocycles. The first kappa shape index (κ1) is 21.1. The van der Waals surface area contributed by atoms with Crippen LogP contribution in [-0.2, 0) is 12.2 Å². The molecule has 0 radical (unpaired) electrons. The van der Waals surface area contributed by atoms with Crippen LogP contribution in [0.5, 0.6) is 0 Å². The number of aliphatic hydroxyl groups is 2. The molecular weight excluding hydrogens is 454 g/mol. The molecule has 2 N–H and O–H groups in total. The SMILES string of the molecule is O=c1cc(-c2cccc(CO)c2)c2ccc(Sc3ncc(C(O)(C4CC4)C4CC4)s3)cc2o1. The Bertz CT molecular complexity index is 1390. The van der Waals surface area contributed by atoms with Gasteiger partial charge in [-0.2, -0.15) is 0 Å². The van der Waals surface area contributed by atoms with E-state index in [9.17, 15) is 15.0 Å². The molecule has 0 amide bonds. The van der Waals surface area contributed by atoms with E-state index in [1.54, 1.807) is 11.3 Å². The van der Waals surface area contributed by atoms with Crippen molar-refractivity contribution in [3.05, 3.63) is 75.6 Å².